The van der Waals surface area contributed by atoms with Crippen molar-refractivity contribution >= 4 is 52.1 Å². The number of carbonyl (C=O) groups excluding carboxylic acids is 1. The van der Waals surface area contributed by atoms with Crippen molar-refractivity contribution in [1.82, 2.24) is 5.43 Å². The minimum absolute atomic E-state index is 0.000890. The number of halogens is 3. The van der Waals surface area contributed by atoms with Gasteiger partial charge in [0.2, 0.25) is 0 Å². The first-order valence-corrected chi connectivity index (χ1v) is 8.26. The van der Waals surface area contributed by atoms with Gasteiger partial charge in [0.05, 0.1) is 5.69 Å². The molecule has 0 aliphatic heterocycles. The number of amides is 1. The SMILES string of the molecule is C/C(CCc1ccccc1)=N\NC(=O)c1[nH+]c(Cl)c(Cl)c(N)c1Cl. The van der Waals surface area contributed by atoms with Gasteiger partial charge in [0.1, 0.15) is 10.0 Å². The molecule has 0 saturated carbocycles. The maximum Gasteiger partial charge on any atom is 0.337 e. The second-order valence-electron chi connectivity index (χ2n) is 5.13. The number of hydrogen-bond acceptors (Lipinski definition) is 3. The molecule has 1 heterocycles. The molecule has 0 unspecified atom stereocenters. The van der Waals surface area contributed by atoms with Crippen LogP contribution in [0.5, 0.6) is 0 Å². The lowest BCUT2D eigenvalue weighted by atomic mass is 10.1. The van der Waals surface area contributed by atoms with Crippen LogP contribution in [0.4, 0.5) is 5.69 Å². The van der Waals surface area contributed by atoms with E-state index in [1.165, 1.54) is 5.56 Å². The first kappa shape index (κ1) is 18.5. The van der Waals surface area contributed by atoms with E-state index in [2.05, 4.69) is 15.5 Å². The Kier molecular flexibility index (Phi) is 6.43. The van der Waals surface area contributed by atoms with Gasteiger partial charge < -0.3 is 5.73 Å². The fraction of sp³-hybridized carbons (Fsp3) is 0.188. The number of H-pyrrole nitrogens is 1. The van der Waals surface area contributed by atoms with E-state index in [-0.39, 0.29) is 26.6 Å². The summed E-state index contributed by atoms with van der Waals surface area (Å²) < 4.78 is 0. The van der Waals surface area contributed by atoms with Crippen molar-refractivity contribution < 1.29 is 9.78 Å². The summed E-state index contributed by atoms with van der Waals surface area (Å²) >= 11 is 17.7. The fourth-order valence-electron chi connectivity index (χ4n) is 1.95. The van der Waals surface area contributed by atoms with Crippen molar-refractivity contribution in [1.29, 1.82) is 0 Å². The Bertz CT molecular complexity index is 779. The predicted octanol–water partition coefficient (Wildman–Crippen LogP) is 3.78. The molecule has 8 heteroatoms. The third-order valence-electron chi connectivity index (χ3n) is 3.31. The highest BCUT2D eigenvalue weighted by atomic mass is 35.5. The molecule has 0 aliphatic rings. The third-order valence-corrected chi connectivity index (χ3v) is 4.48. The molecular formula is C16H16Cl3N4O+. The molecule has 126 valence electrons. The molecule has 24 heavy (non-hydrogen) atoms. The maximum absolute atomic E-state index is 12.2. The molecule has 0 bridgehead atoms. The zero-order valence-electron chi connectivity index (χ0n) is 12.9. The number of nitrogen functional groups attached to an aromatic ring is 1. The Hall–Kier alpha value is -1.82. The molecule has 1 amide bonds. The van der Waals surface area contributed by atoms with Crippen LogP contribution >= 0.6 is 34.8 Å². The van der Waals surface area contributed by atoms with E-state index < -0.39 is 5.91 Å². The number of nitrogens with two attached hydrogens (primary N) is 1. The number of aromatic nitrogens is 1. The Morgan fingerprint density at radius 3 is 2.54 bits per heavy atom. The lowest BCUT2D eigenvalue weighted by Crippen LogP contribution is -2.28. The van der Waals surface area contributed by atoms with E-state index in [1.807, 2.05) is 37.3 Å². The van der Waals surface area contributed by atoms with Crippen LogP contribution in [0.15, 0.2) is 35.4 Å². The molecule has 1 aromatic carbocycles. The number of benzene rings is 1. The number of aryl methyl sites for hydroxylation is 1. The second-order valence-corrected chi connectivity index (χ2v) is 6.26. The standard InChI is InChI=1S/C16H15Cl3N4O/c1-9(7-8-10-5-3-2-4-6-10)22-23-16(24)14-11(17)13(20)12(18)15(19)21-14/h2-6H,7-8H2,1H3,(H2,20,21)(H,23,24)/p+1/b22-9+. The molecule has 2 rings (SSSR count). The predicted molar refractivity (Wildman–Crippen MR) is 97.8 cm³/mol. The van der Waals surface area contributed by atoms with Gasteiger partial charge in [-0.15, -0.1) is 0 Å². The highest BCUT2D eigenvalue weighted by Crippen LogP contribution is 2.31. The van der Waals surface area contributed by atoms with Crippen molar-refractivity contribution in [2.24, 2.45) is 5.10 Å². The molecule has 4 N–H and O–H groups in total. The maximum atomic E-state index is 12.2. The van der Waals surface area contributed by atoms with Gasteiger partial charge >= 0.3 is 5.91 Å². The summed E-state index contributed by atoms with van der Waals surface area (Å²) in [5, 5.41) is 4.16. The van der Waals surface area contributed by atoms with Crippen molar-refractivity contribution in [3.63, 3.8) is 0 Å². The van der Waals surface area contributed by atoms with Crippen molar-refractivity contribution in [2.75, 3.05) is 5.73 Å². The van der Waals surface area contributed by atoms with E-state index in [1.54, 1.807) is 0 Å². The molecule has 0 fully saturated rings. The molecular weight excluding hydrogens is 371 g/mol. The number of nitrogens with one attached hydrogen (secondary N) is 2. The molecule has 2 aromatic rings. The van der Waals surface area contributed by atoms with Gasteiger partial charge in [0.15, 0.2) is 0 Å². The summed E-state index contributed by atoms with van der Waals surface area (Å²) in [4.78, 5) is 14.8. The van der Waals surface area contributed by atoms with Crippen molar-refractivity contribution in [3.8, 4) is 0 Å². The zero-order chi connectivity index (χ0) is 17.7. The quantitative estimate of drug-likeness (QED) is 0.466. The van der Waals surface area contributed by atoms with Crippen LogP contribution in [-0.2, 0) is 6.42 Å². The monoisotopic (exact) mass is 385 g/mol. The topological polar surface area (TPSA) is 81.6 Å². The van der Waals surface area contributed by atoms with Gasteiger partial charge in [0.25, 0.3) is 10.8 Å². The Balaban J connectivity index is 2.02. The molecule has 5 nitrogen and oxygen atoms in total. The highest BCUT2D eigenvalue weighted by Gasteiger charge is 2.25. The normalized spacial score (nSPS) is 11.4. The van der Waals surface area contributed by atoms with Gasteiger partial charge in [-0.2, -0.15) is 10.1 Å². The van der Waals surface area contributed by atoms with E-state index in [0.29, 0.717) is 6.42 Å². The smallest absolute Gasteiger partial charge is 0.337 e. The Morgan fingerprint density at radius 2 is 1.88 bits per heavy atom. The summed E-state index contributed by atoms with van der Waals surface area (Å²) in [6.45, 7) is 1.83. The molecule has 1 aromatic heterocycles. The molecule has 0 aliphatic carbocycles. The van der Waals surface area contributed by atoms with Crippen LogP contribution in [0, 0.1) is 0 Å². The minimum atomic E-state index is -0.552. The Labute approximate surface area is 154 Å². The fourth-order valence-corrected chi connectivity index (χ4v) is 2.57. The number of rotatable bonds is 5. The number of aromatic amines is 1. The van der Waals surface area contributed by atoms with Crippen LogP contribution in [0.2, 0.25) is 15.2 Å². The largest absolute Gasteiger partial charge is 0.396 e. The molecule has 0 saturated heterocycles. The highest BCUT2D eigenvalue weighted by molar-refractivity contribution is 6.45. The lowest BCUT2D eigenvalue weighted by Gasteiger charge is -2.04. The third kappa shape index (κ3) is 4.60. The average molecular weight is 387 g/mol. The van der Waals surface area contributed by atoms with Crippen LogP contribution in [0.3, 0.4) is 0 Å². The van der Waals surface area contributed by atoms with Gasteiger partial charge in [-0.3, -0.25) is 4.79 Å². The summed E-state index contributed by atoms with van der Waals surface area (Å²) in [5.74, 6) is -0.552. The first-order valence-electron chi connectivity index (χ1n) is 7.12. The van der Waals surface area contributed by atoms with E-state index in [9.17, 15) is 4.79 Å². The number of anilines is 1. The van der Waals surface area contributed by atoms with Crippen LogP contribution < -0.4 is 16.1 Å². The van der Waals surface area contributed by atoms with E-state index >= 15 is 0 Å². The number of pyridine rings is 1. The first-order chi connectivity index (χ1) is 11.4. The number of nitrogens with zero attached hydrogens (tertiary/aromatic N) is 1. The van der Waals surface area contributed by atoms with Gasteiger partial charge in [-0.25, -0.2) is 5.43 Å². The molecule has 0 atom stereocenters. The summed E-state index contributed by atoms with van der Waals surface area (Å²) in [7, 11) is 0. The number of carbonyl (C=O) groups is 1. The van der Waals surface area contributed by atoms with Crippen molar-refractivity contribution in [3.05, 3.63) is 56.8 Å². The summed E-state index contributed by atoms with van der Waals surface area (Å²) in [5.41, 5.74) is 10.1. The van der Waals surface area contributed by atoms with E-state index in [0.717, 1.165) is 12.1 Å². The summed E-state index contributed by atoms with van der Waals surface area (Å²) in [6, 6.07) is 10.0. The van der Waals surface area contributed by atoms with Crippen LogP contribution in [0.1, 0.15) is 29.4 Å². The lowest BCUT2D eigenvalue weighted by molar-refractivity contribution is -0.379. The minimum Gasteiger partial charge on any atom is -0.396 e. The number of hydrogen-bond donors (Lipinski definition) is 2. The van der Waals surface area contributed by atoms with Crippen LogP contribution in [-0.4, -0.2) is 11.6 Å². The van der Waals surface area contributed by atoms with Gasteiger partial charge in [-0.1, -0.05) is 53.5 Å². The Morgan fingerprint density at radius 1 is 1.21 bits per heavy atom. The van der Waals surface area contributed by atoms with Gasteiger partial charge in [-0.05, 0) is 36.9 Å². The summed E-state index contributed by atoms with van der Waals surface area (Å²) in [6.07, 6.45) is 1.55. The van der Waals surface area contributed by atoms with Crippen LogP contribution in [0.25, 0.3) is 0 Å². The molecule has 0 spiro atoms. The second kappa shape index (κ2) is 8.33. The van der Waals surface area contributed by atoms with Gasteiger partial charge in [0, 0.05) is 5.71 Å². The zero-order valence-corrected chi connectivity index (χ0v) is 15.1. The van der Waals surface area contributed by atoms with E-state index in [4.69, 9.17) is 40.5 Å². The molecule has 0 radical (unpaired) electrons. The average Bonchev–Trinajstić information content (AvgIpc) is 2.60. The van der Waals surface area contributed by atoms with Crippen molar-refractivity contribution in [2.45, 2.75) is 19.8 Å². The number of hydrazone groups is 1.